The molecule has 1 aromatic heterocycles. The normalized spacial score (nSPS) is 11.8. The Hall–Kier alpha value is -1.92. The minimum Gasteiger partial charge on any atom is -0.197 e. The molecule has 1 heterocycles. The molecule has 2 aromatic rings. The third-order valence-corrected chi connectivity index (χ3v) is 2.65. The van der Waals surface area contributed by atoms with Crippen molar-refractivity contribution in [1.82, 2.24) is 10.2 Å². The summed E-state index contributed by atoms with van der Waals surface area (Å²) < 4.78 is 0. The highest BCUT2D eigenvalue weighted by Gasteiger charge is 2.15. The van der Waals surface area contributed by atoms with E-state index >= 15 is 0 Å². The molecule has 0 aliphatic carbocycles. The van der Waals surface area contributed by atoms with E-state index in [2.05, 4.69) is 16.3 Å². The van der Waals surface area contributed by atoms with Crippen LogP contribution in [0.1, 0.15) is 22.7 Å². The molecule has 17 heavy (non-hydrogen) atoms. The number of nitriles is 1. The van der Waals surface area contributed by atoms with Gasteiger partial charge in [-0.1, -0.05) is 41.4 Å². The first-order chi connectivity index (χ1) is 8.20. The molecule has 0 aliphatic heterocycles. The Labute approximate surface area is 105 Å². The highest BCUT2D eigenvalue weighted by molar-refractivity contribution is 6.29. The fourth-order valence-corrected chi connectivity index (χ4v) is 1.74. The molecule has 0 radical (unpaired) electrons. The largest absolute Gasteiger partial charge is 0.197 e. The van der Waals surface area contributed by atoms with Gasteiger partial charge in [-0.15, -0.1) is 5.10 Å². The smallest absolute Gasteiger partial charge is 0.151 e. The van der Waals surface area contributed by atoms with E-state index in [1.165, 1.54) is 0 Å². The van der Waals surface area contributed by atoms with Gasteiger partial charge in [-0.3, -0.25) is 0 Å². The Morgan fingerprint density at radius 3 is 2.65 bits per heavy atom. The van der Waals surface area contributed by atoms with Crippen LogP contribution in [-0.2, 0) is 0 Å². The fourth-order valence-electron chi connectivity index (χ4n) is 1.64. The molecule has 0 saturated carbocycles. The highest BCUT2D eigenvalue weighted by atomic mass is 35.5. The van der Waals surface area contributed by atoms with E-state index in [9.17, 15) is 5.26 Å². The predicted octanol–water partition coefficient (Wildman–Crippen LogP) is 3.09. The first-order valence-electron chi connectivity index (χ1n) is 5.16. The molecule has 2 rings (SSSR count). The number of rotatable bonds is 2. The third-order valence-electron chi connectivity index (χ3n) is 2.45. The fraction of sp³-hybridized carbons (Fsp3) is 0.154. The van der Waals surface area contributed by atoms with Crippen molar-refractivity contribution in [3.8, 4) is 6.07 Å². The number of benzene rings is 1. The van der Waals surface area contributed by atoms with Crippen LogP contribution < -0.4 is 0 Å². The summed E-state index contributed by atoms with van der Waals surface area (Å²) in [5.74, 6) is -0.403. The number of hydrogen-bond donors (Lipinski definition) is 0. The van der Waals surface area contributed by atoms with Gasteiger partial charge in [0.1, 0.15) is 5.92 Å². The lowest BCUT2D eigenvalue weighted by molar-refractivity contribution is 0.884. The maximum atomic E-state index is 9.24. The summed E-state index contributed by atoms with van der Waals surface area (Å²) in [4.78, 5) is 0. The van der Waals surface area contributed by atoms with Gasteiger partial charge >= 0.3 is 0 Å². The van der Waals surface area contributed by atoms with Crippen LogP contribution in [-0.4, -0.2) is 10.2 Å². The van der Waals surface area contributed by atoms with Gasteiger partial charge in [-0.05, 0) is 24.6 Å². The van der Waals surface area contributed by atoms with E-state index in [0.717, 1.165) is 11.1 Å². The summed E-state index contributed by atoms with van der Waals surface area (Å²) in [6.45, 7) is 1.99. The van der Waals surface area contributed by atoms with Crippen molar-refractivity contribution in [2.75, 3.05) is 0 Å². The second-order valence-electron chi connectivity index (χ2n) is 3.76. The van der Waals surface area contributed by atoms with Gasteiger partial charge in [0.2, 0.25) is 0 Å². The lowest BCUT2D eigenvalue weighted by Crippen LogP contribution is -2.02. The molecule has 0 unspecified atom stereocenters. The average molecular weight is 244 g/mol. The van der Waals surface area contributed by atoms with E-state index < -0.39 is 5.92 Å². The first-order valence-corrected chi connectivity index (χ1v) is 5.54. The lowest BCUT2D eigenvalue weighted by atomic mass is 9.96. The molecule has 1 aromatic carbocycles. The van der Waals surface area contributed by atoms with E-state index in [4.69, 9.17) is 11.6 Å². The zero-order valence-corrected chi connectivity index (χ0v) is 10.0. The van der Waals surface area contributed by atoms with Gasteiger partial charge in [0.05, 0.1) is 11.8 Å². The van der Waals surface area contributed by atoms with Crippen molar-refractivity contribution >= 4 is 11.6 Å². The molecule has 0 bridgehead atoms. The van der Waals surface area contributed by atoms with Gasteiger partial charge < -0.3 is 0 Å². The van der Waals surface area contributed by atoms with Crippen molar-refractivity contribution < 1.29 is 0 Å². The third kappa shape index (κ3) is 2.61. The van der Waals surface area contributed by atoms with Crippen LogP contribution in [0.25, 0.3) is 0 Å². The molecule has 0 fully saturated rings. The highest BCUT2D eigenvalue weighted by Crippen LogP contribution is 2.23. The number of halogens is 1. The van der Waals surface area contributed by atoms with Gasteiger partial charge in [0.15, 0.2) is 5.15 Å². The summed E-state index contributed by atoms with van der Waals surface area (Å²) in [6.07, 6.45) is 0. The molecule has 4 heteroatoms. The summed E-state index contributed by atoms with van der Waals surface area (Å²) in [5.41, 5.74) is 2.65. The van der Waals surface area contributed by atoms with E-state index in [-0.39, 0.29) is 0 Å². The summed E-state index contributed by atoms with van der Waals surface area (Å²) in [5, 5.41) is 17.3. The summed E-state index contributed by atoms with van der Waals surface area (Å²) in [6, 6.07) is 13.4. The zero-order chi connectivity index (χ0) is 12.3. The Balaban J connectivity index is 2.41. The SMILES string of the molecule is Cc1cccc([C@@H](C#N)c2ccc(Cl)nn2)c1. The van der Waals surface area contributed by atoms with Crippen molar-refractivity contribution in [1.29, 1.82) is 5.26 Å². The van der Waals surface area contributed by atoms with Crippen LogP contribution in [0.5, 0.6) is 0 Å². The standard InChI is InChI=1S/C13H10ClN3/c1-9-3-2-4-10(7-9)11(8-15)12-5-6-13(14)17-16-12/h2-7,11H,1H3/t11-/m1/s1. The summed E-state index contributed by atoms with van der Waals surface area (Å²) in [7, 11) is 0. The van der Waals surface area contributed by atoms with Crippen molar-refractivity contribution in [2.45, 2.75) is 12.8 Å². The number of nitrogens with zero attached hydrogens (tertiary/aromatic N) is 3. The Bertz CT molecular complexity index is 558. The molecule has 0 amide bonds. The molecule has 0 saturated heterocycles. The van der Waals surface area contributed by atoms with Crippen LogP contribution in [0, 0.1) is 18.3 Å². The van der Waals surface area contributed by atoms with Gasteiger partial charge in [0.25, 0.3) is 0 Å². The van der Waals surface area contributed by atoms with Crippen LogP contribution in [0.2, 0.25) is 5.15 Å². The predicted molar refractivity (Wildman–Crippen MR) is 65.7 cm³/mol. The van der Waals surface area contributed by atoms with Crippen LogP contribution >= 0.6 is 11.6 Å². The minimum absolute atomic E-state index is 0.328. The zero-order valence-electron chi connectivity index (χ0n) is 9.26. The minimum atomic E-state index is -0.403. The molecule has 3 nitrogen and oxygen atoms in total. The maximum absolute atomic E-state index is 9.24. The summed E-state index contributed by atoms with van der Waals surface area (Å²) >= 11 is 5.67. The molecular formula is C13H10ClN3. The van der Waals surface area contributed by atoms with Crippen LogP contribution in [0.3, 0.4) is 0 Å². The van der Waals surface area contributed by atoms with E-state index in [1.807, 2.05) is 31.2 Å². The average Bonchev–Trinajstić information content (AvgIpc) is 2.33. The van der Waals surface area contributed by atoms with Crippen LogP contribution in [0.4, 0.5) is 0 Å². The second-order valence-corrected chi connectivity index (χ2v) is 4.14. The van der Waals surface area contributed by atoms with Crippen LogP contribution in [0.15, 0.2) is 36.4 Å². The molecule has 84 valence electrons. The molecule has 0 N–H and O–H groups in total. The van der Waals surface area contributed by atoms with Crippen molar-refractivity contribution in [2.24, 2.45) is 0 Å². The number of aromatic nitrogens is 2. The Morgan fingerprint density at radius 1 is 1.24 bits per heavy atom. The maximum Gasteiger partial charge on any atom is 0.151 e. The Kier molecular flexibility index (Phi) is 3.36. The first kappa shape index (κ1) is 11.6. The lowest BCUT2D eigenvalue weighted by Gasteiger charge is -2.08. The van der Waals surface area contributed by atoms with E-state index in [0.29, 0.717) is 10.8 Å². The van der Waals surface area contributed by atoms with Gasteiger partial charge in [-0.25, -0.2) is 0 Å². The quantitative estimate of drug-likeness (QED) is 0.814. The van der Waals surface area contributed by atoms with E-state index in [1.54, 1.807) is 12.1 Å². The number of hydrogen-bond acceptors (Lipinski definition) is 3. The van der Waals surface area contributed by atoms with Gasteiger partial charge in [-0.2, -0.15) is 10.4 Å². The van der Waals surface area contributed by atoms with Crippen molar-refractivity contribution in [3.63, 3.8) is 0 Å². The second kappa shape index (κ2) is 4.94. The molecule has 0 spiro atoms. The molecule has 1 atom stereocenters. The Morgan fingerprint density at radius 2 is 2.06 bits per heavy atom. The molecular weight excluding hydrogens is 234 g/mol. The van der Waals surface area contributed by atoms with Gasteiger partial charge in [0, 0.05) is 0 Å². The topological polar surface area (TPSA) is 49.6 Å². The monoisotopic (exact) mass is 243 g/mol. The molecule has 0 aliphatic rings. The number of aryl methyl sites for hydroxylation is 1. The van der Waals surface area contributed by atoms with Crippen molar-refractivity contribution in [3.05, 3.63) is 58.4 Å².